The van der Waals surface area contributed by atoms with E-state index in [-0.39, 0.29) is 12.0 Å². The van der Waals surface area contributed by atoms with Crippen molar-refractivity contribution in [2.75, 3.05) is 0 Å². The molecule has 246 valence electrons. The Morgan fingerprint density at radius 2 is 0.610 bits per heavy atom. The molecule has 3 heteroatoms. The van der Waals surface area contributed by atoms with Gasteiger partial charge in [0.1, 0.15) is 0 Å². The van der Waals surface area contributed by atoms with E-state index in [0.717, 1.165) is 44.9 Å². The predicted octanol–water partition coefficient (Wildman–Crippen LogP) is 13.0. The number of aliphatic carboxylic acids is 1. The molecule has 0 amide bonds. The van der Waals surface area contributed by atoms with Crippen molar-refractivity contribution in [3.05, 3.63) is 0 Å². The molecule has 0 aromatic heterocycles. The van der Waals surface area contributed by atoms with Crippen LogP contribution in [0.1, 0.15) is 226 Å². The van der Waals surface area contributed by atoms with Crippen LogP contribution in [0.25, 0.3) is 0 Å². The summed E-state index contributed by atoms with van der Waals surface area (Å²) in [5.41, 5.74) is 0. The number of carboxylic acid groups (broad SMARTS) is 1. The van der Waals surface area contributed by atoms with Gasteiger partial charge in [-0.2, -0.15) is 0 Å². The minimum Gasteiger partial charge on any atom is -0.481 e. The quantitative estimate of drug-likeness (QED) is 0.0733. The highest BCUT2D eigenvalue weighted by Crippen LogP contribution is 2.21. The molecular weight excluding hydrogens is 504 g/mol. The Labute approximate surface area is 258 Å². The van der Waals surface area contributed by atoms with Gasteiger partial charge in [0.2, 0.25) is 0 Å². The Hall–Kier alpha value is -0.570. The average molecular weight is 581 g/mol. The number of hydrogen-bond donors (Lipinski definition) is 2. The summed E-state index contributed by atoms with van der Waals surface area (Å²) in [7, 11) is 0. The van der Waals surface area contributed by atoms with Crippen LogP contribution in [0.15, 0.2) is 0 Å². The van der Waals surface area contributed by atoms with Gasteiger partial charge in [0.25, 0.3) is 0 Å². The van der Waals surface area contributed by atoms with Gasteiger partial charge in [0, 0.05) is 0 Å². The van der Waals surface area contributed by atoms with Crippen LogP contribution in [0, 0.1) is 5.92 Å². The van der Waals surface area contributed by atoms with Gasteiger partial charge in [-0.3, -0.25) is 4.79 Å². The van der Waals surface area contributed by atoms with E-state index in [9.17, 15) is 15.0 Å². The van der Waals surface area contributed by atoms with Crippen molar-refractivity contribution in [2.45, 2.75) is 232 Å². The summed E-state index contributed by atoms with van der Waals surface area (Å²) in [5.74, 6) is -0.708. The molecule has 0 saturated carbocycles. The molecule has 41 heavy (non-hydrogen) atoms. The molecule has 2 N–H and O–H groups in total. The summed E-state index contributed by atoms with van der Waals surface area (Å²) in [4.78, 5) is 11.7. The van der Waals surface area contributed by atoms with Gasteiger partial charge in [-0.25, -0.2) is 0 Å². The lowest BCUT2D eigenvalue weighted by atomic mass is 9.94. The molecule has 0 aliphatic heterocycles. The Morgan fingerprint density at radius 3 is 0.878 bits per heavy atom. The van der Waals surface area contributed by atoms with Gasteiger partial charge in [0.15, 0.2) is 0 Å². The largest absolute Gasteiger partial charge is 0.481 e. The molecule has 0 radical (unpaired) electrons. The molecule has 0 aromatic carbocycles. The number of rotatable bonds is 35. The van der Waals surface area contributed by atoms with Gasteiger partial charge >= 0.3 is 5.97 Å². The maximum absolute atomic E-state index is 11.7. The van der Waals surface area contributed by atoms with Crippen molar-refractivity contribution in [1.29, 1.82) is 0 Å². The third-order valence-electron chi connectivity index (χ3n) is 9.24. The van der Waals surface area contributed by atoms with Crippen LogP contribution in [0.5, 0.6) is 0 Å². The van der Waals surface area contributed by atoms with Crippen LogP contribution in [0.4, 0.5) is 0 Å². The van der Waals surface area contributed by atoms with E-state index in [4.69, 9.17) is 0 Å². The minimum absolute atomic E-state index is 0.0936. The maximum atomic E-state index is 11.7. The second-order valence-electron chi connectivity index (χ2n) is 13.4. The van der Waals surface area contributed by atoms with Crippen molar-refractivity contribution in [1.82, 2.24) is 0 Å². The van der Waals surface area contributed by atoms with Crippen molar-refractivity contribution >= 4 is 5.97 Å². The third-order valence-corrected chi connectivity index (χ3v) is 9.24. The van der Waals surface area contributed by atoms with E-state index in [0.29, 0.717) is 0 Å². The zero-order valence-electron chi connectivity index (χ0n) is 28.3. The lowest BCUT2D eigenvalue weighted by molar-refractivity contribution is -0.142. The standard InChI is InChI=1S/C38H76O3/c1-3-5-7-9-10-11-12-13-14-15-16-17-18-19-20-22-25-28-32-36(38(40)41)33-29-26-23-21-24-27-31-35-37(39)34-30-8-6-4-2/h36-37,39H,3-35H2,1-2H3,(H,40,41). The first kappa shape index (κ1) is 40.4. The summed E-state index contributed by atoms with van der Waals surface area (Å²) in [6.45, 7) is 4.52. The predicted molar refractivity (Wildman–Crippen MR) is 181 cm³/mol. The molecule has 0 spiro atoms. The molecule has 0 heterocycles. The normalized spacial score (nSPS) is 13.0. The first-order chi connectivity index (χ1) is 20.1. The average Bonchev–Trinajstić information content (AvgIpc) is 2.96. The Morgan fingerprint density at radius 1 is 0.390 bits per heavy atom. The first-order valence-electron chi connectivity index (χ1n) is 19.0. The van der Waals surface area contributed by atoms with E-state index < -0.39 is 5.97 Å². The smallest absolute Gasteiger partial charge is 0.306 e. The molecule has 0 aromatic rings. The fraction of sp³-hybridized carbons (Fsp3) is 0.974. The van der Waals surface area contributed by atoms with E-state index in [1.165, 1.54) is 167 Å². The Bertz CT molecular complexity index is 506. The molecule has 2 unspecified atom stereocenters. The highest BCUT2D eigenvalue weighted by atomic mass is 16.4. The monoisotopic (exact) mass is 581 g/mol. The zero-order chi connectivity index (χ0) is 30.1. The maximum Gasteiger partial charge on any atom is 0.306 e. The van der Waals surface area contributed by atoms with E-state index in [1.54, 1.807) is 0 Å². The number of aliphatic hydroxyl groups excluding tert-OH is 1. The number of carbonyl (C=O) groups is 1. The molecule has 0 saturated heterocycles. The van der Waals surface area contributed by atoms with Gasteiger partial charge in [-0.1, -0.05) is 200 Å². The molecular formula is C38H76O3. The van der Waals surface area contributed by atoms with Crippen LogP contribution in [-0.4, -0.2) is 22.3 Å². The van der Waals surface area contributed by atoms with Gasteiger partial charge in [0.05, 0.1) is 12.0 Å². The molecule has 0 aliphatic rings. The number of carboxylic acids is 1. The zero-order valence-corrected chi connectivity index (χ0v) is 28.3. The molecule has 0 rings (SSSR count). The third kappa shape index (κ3) is 32.2. The van der Waals surface area contributed by atoms with Gasteiger partial charge in [-0.15, -0.1) is 0 Å². The second kappa shape index (κ2) is 33.9. The Kier molecular flexibility index (Phi) is 33.5. The van der Waals surface area contributed by atoms with Crippen LogP contribution in [-0.2, 0) is 4.79 Å². The minimum atomic E-state index is -0.578. The molecule has 0 aliphatic carbocycles. The number of aliphatic hydroxyl groups is 1. The number of hydrogen-bond acceptors (Lipinski definition) is 2. The van der Waals surface area contributed by atoms with Crippen molar-refractivity contribution in [2.24, 2.45) is 5.92 Å². The summed E-state index contributed by atoms with van der Waals surface area (Å²) in [6.07, 6.45) is 41.7. The SMILES string of the molecule is CCCCCCCCCCCCCCCCCCCCC(CCCCCCCCCC(O)CCCCCC)C(=O)O. The van der Waals surface area contributed by atoms with Crippen LogP contribution < -0.4 is 0 Å². The van der Waals surface area contributed by atoms with E-state index in [2.05, 4.69) is 13.8 Å². The van der Waals surface area contributed by atoms with Crippen LogP contribution in [0.2, 0.25) is 0 Å². The van der Waals surface area contributed by atoms with Crippen molar-refractivity contribution in [3.63, 3.8) is 0 Å². The Balaban J connectivity index is 3.42. The van der Waals surface area contributed by atoms with E-state index in [1.807, 2.05) is 0 Å². The summed E-state index contributed by atoms with van der Waals surface area (Å²) < 4.78 is 0. The first-order valence-corrected chi connectivity index (χ1v) is 19.0. The topological polar surface area (TPSA) is 57.5 Å². The van der Waals surface area contributed by atoms with Crippen LogP contribution >= 0.6 is 0 Å². The second-order valence-corrected chi connectivity index (χ2v) is 13.4. The molecule has 0 bridgehead atoms. The van der Waals surface area contributed by atoms with Crippen LogP contribution in [0.3, 0.4) is 0 Å². The van der Waals surface area contributed by atoms with Crippen molar-refractivity contribution < 1.29 is 15.0 Å². The summed E-state index contributed by atoms with van der Waals surface area (Å²) >= 11 is 0. The highest BCUT2D eigenvalue weighted by Gasteiger charge is 2.16. The highest BCUT2D eigenvalue weighted by molar-refractivity contribution is 5.69. The number of unbranched alkanes of at least 4 members (excludes halogenated alkanes) is 26. The van der Waals surface area contributed by atoms with Gasteiger partial charge in [-0.05, 0) is 25.7 Å². The lowest BCUT2D eigenvalue weighted by Gasteiger charge is -2.12. The van der Waals surface area contributed by atoms with E-state index >= 15 is 0 Å². The van der Waals surface area contributed by atoms with Crippen molar-refractivity contribution in [3.8, 4) is 0 Å². The fourth-order valence-corrected chi connectivity index (χ4v) is 6.29. The summed E-state index contributed by atoms with van der Waals surface area (Å²) in [5, 5.41) is 19.7. The summed E-state index contributed by atoms with van der Waals surface area (Å²) in [6, 6.07) is 0. The molecule has 0 fully saturated rings. The van der Waals surface area contributed by atoms with Gasteiger partial charge < -0.3 is 10.2 Å². The lowest BCUT2D eigenvalue weighted by Crippen LogP contribution is -2.13. The molecule has 3 nitrogen and oxygen atoms in total. The molecule has 2 atom stereocenters. The fourth-order valence-electron chi connectivity index (χ4n) is 6.29.